The van der Waals surface area contributed by atoms with Crippen molar-refractivity contribution in [3.05, 3.63) is 30.1 Å². The van der Waals surface area contributed by atoms with Crippen molar-refractivity contribution in [1.82, 2.24) is 9.80 Å². The third-order valence-corrected chi connectivity index (χ3v) is 4.79. The lowest BCUT2D eigenvalue weighted by Gasteiger charge is -2.40. The smallest absolute Gasteiger partial charge is 0.228 e. The van der Waals surface area contributed by atoms with E-state index in [0.29, 0.717) is 32.1 Å². The van der Waals surface area contributed by atoms with E-state index in [1.807, 2.05) is 4.90 Å². The third kappa shape index (κ3) is 2.78. The SMILES string of the molecule is O=C([C@H]1CC(=O)N(C2CC2)C1)N1CC(Oc2ccccc2F)C1. The van der Waals surface area contributed by atoms with Crippen molar-refractivity contribution >= 4 is 11.8 Å². The number of hydrogen-bond donors (Lipinski definition) is 0. The van der Waals surface area contributed by atoms with E-state index in [1.165, 1.54) is 6.07 Å². The zero-order valence-corrected chi connectivity index (χ0v) is 12.8. The standard InChI is InChI=1S/C17H19FN2O3/c18-14-3-1-2-4-15(14)23-13-9-19(10-13)17(22)11-7-16(21)20(8-11)12-5-6-12/h1-4,11-13H,5-10H2/t11-/m0/s1. The monoisotopic (exact) mass is 318 g/mol. The van der Waals surface area contributed by atoms with Gasteiger partial charge in [0.25, 0.3) is 0 Å². The van der Waals surface area contributed by atoms with E-state index in [2.05, 4.69) is 0 Å². The lowest BCUT2D eigenvalue weighted by atomic mass is 10.0. The molecule has 2 amide bonds. The van der Waals surface area contributed by atoms with Gasteiger partial charge in [-0.25, -0.2) is 4.39 Å². The minimum absolute atomic E-state index is 0.0230. The summed E-state index contributed by atoms with van der Waals surface area (Å²) in [5.74, 6) is -0.266. The molecule has 0 aromatic heterocycles. The van der Waals surface area contributed by atoms with Gasteiger partial charge in [0.1, 0.15) is 6.10 Å². The second-order valence-electron chi connectivity index (χ2n) is 6.59. The van der Waals surface area contributed by atoms with Crippen molar-refractivity contribution < 1.29 is 18.7 Å². The van der Waals surface area contributed by atoms with Crippen LogP contribution in [0.2, 0.25) is 0 Å². The molecule has 1 saturated carbocycles. The number of amides is 2. The van der Waals surface area contributed by atoms with Gasteiger partial charge in [0.2, 0.25) is 11.8 Å². The van der Waals surface area contributed by atoms with Gasteiger partial charge < -0.3 is 14.5 Å². The number of para-hydroxylation sites is 1. The first kappa shape index (κ1) is 14.5. The van der Waals surface area contributed by atoms with Crippen LogP contribution in [0, 0.1) is 11.7 Å². The summed E-state index contributed by atoms with van der Waals surface area (Å²) in [6, 6.07) is 6.64. The summed E-state index contributed by atoms with van der Waals surface area (Å²) in [7, 11) is 0. The van der Waals surface area contributed by atoms with Crippen LogP contribution in [-0.2, 0) is 9.59 Å². The van der Waals surface area contributed by atoms with Crippen LogP contribution in [0.1, 0.15) is 19.3 Å². The fraction of sp³-hybridized carbons (Fsp3) is 0.529. The highest BCUT2D eigenvalue weighted by Gasteiger charge is 2.45. The Morgan fingerprint density at radius 2 is 1.91 bits per heavy atom. The number of likely N-dealkylation sites (tertiary alicyclic amines) is 2. The molecule has 4 rings (SSSR count). The topological polar surface area (TPSA) is 49.9 Å². The zero-order valence-electron chi connectivity index (χ0n) is 12.8. The number of benzene rings is 1. The van der Waals surface area contributed by atoms with Crippen molar-refractivity contribution in [1.29, 1.82) is 0 Å². The first-order valence-electron chi connectivity index (χ1n) is 8.11. The molecule has 0 spiro atoms. The lowest BCUT2D eigenvalue weighted by Crippen LogP contribution is -2.57. The van der Waals surface area contributed by atoms with E-state index < -0.39 is 5.82 Å². The Labute approximate surface area is 134 Å². The molecule has 1 aliphatic carbocycles. The molecule has 2 heterocycles. The molecule has 1 aromatic carbocycles. The summed E-state index contributed by atoms with van der Waals surface area (Å²) in [4.78, 5) is 27.9. The van der Waals surface area contributed by atoms with Gasteiger partial charge in [-0.15, -0.1) is 0 Å². The average Bonchev–Trinajstić information content (AvgIpc) is 3.26. The van der Waals surface area contributed by atoms with Crippen LogP contribution >= 0.6 is 0 Å². The minimum atomic E-state index is -0.390. The van der Waals surface area contributed by atoms with Crippen molar-refractivity contribution in [2.75, 3.05) is 19.6 Å². The van der Waals surface area contributed by atoms with Gasteiger partial charge in [-0.1, -0.05) is 12.1 Å². The van der Waals surface area contributed by atoms with Gasteiger partial charge >= 0.3 is 0 Å². The maximum atomic E-state index is 13.5. The molecular formula is C17H19FN2O3. The van der Waals surface area contributed by atoms with E-state index in [4.69, 9.17) is 4.74 Å². The molecule has 3 fully saturated rings. The summed E-state index contributed by atoms with van der Waals surface area (Å²) in [6.45, 7) is 1.47. The molecular weight excluding hydrogens is 299 g/mol. The van der Waals surface area contributed by atoms with E-state index >= 15 is 0 Å². The zero-order chi connectivity index (χ0) is 16.0. The fourth-order valence-electron chi connectivity index (χ4n) is 3.31. The van der Waals surface area contributed by atoms with Crippen LogP contribution in [0.3, 0.4) is 0 Å². The molecule has 0 bridgehead atoms. The molecule has 5 nitrogen and oxygen atoms in total. The van der Waals surface area contributed by atoms with E-state index in [9.17, 15) is 14.0 Å². The Morgan fingerprint density at radius 3 is 2.61 bits per heavy atom. The first-order valence-corrected chi connectivity index (χ1v) is 8.11. The normalized spacial score (nSPS) is 24.7. The largest absolute Gasteiger partial charge is 0.484 e. The Bertz CT molecular complexity index is 640. The predicted molar refractivity (Wildman–Crippen MR) is 80.2 cm³/mol. The van der Waals surface area contributed by atoms with Gasteiger partial charge in [-0.2, -0.15) is 0 Å². The average molecular weight is 318 g/mol. The molecule has 0 unspecified atom stereocenters. The predicted octanol–water partition coefficient (Wildman–Crippen LogP) is 1.43. The molecule has 2 aliphatic heterocycles. The summed E-state index contributed by atoms with van der Waals surface area (Å²) >= 11 is 0. The van der Waals surface area contributed by atoms with E-state index in [1.54, 1.807) is 23.1 Å². The number of nitrogens with zero attached hydrogens (tertiary/aromatic N) is 2. The first-order chi connectivity index (χ1) is 11.1. The van der Waals surface area contributed by atoms with Crippen molar-refractivity contribution in [2.45, 2.75) is 31.4 Å². The molecule has 2 saturated heterocycles. The van der Waals surface area contributed by atoms with Crippen LogP contribution < -0.4 is 4.74 Å². The van der Waals surface area contributed by atoms with Crippen molar-refractivity contribution in [3.63, 3.8) is 0 Å². The molecule has 1 atom stereocenters. The number of hydrogen-bond acceptors (Lipinski definition) is 3. The van der Waals surface area contributed by atoms with Crippen LogP contribution in [0.25, 0.3) is 0 Å². The fourth-order valence-corrected chi connectivity index (χ4v) is 3.31. The highest BCUT2D eigenvalue weighted by Crippen LogP contribution is 2.33. The Kier molecular flexibility index (Phi) is 3.47. The summed E-state index contributed by atoms with van der Waals surface area (Å²) in [6.07, 6.45) is 2.28. The van der Waals surface area contributed by atoms with Gasteiger partial charge in [0.05, 0.1) is 19.0 Å². The highest BCUT2D eigenvalue weighted by atomic mass is 19.1. The molecule has 23 heavy (non-hydrogen) atoms. The number of carbonyl (C=O) groups is 2. The van der Waals surface area contributed by atoms with Gasteiger partial charge in [0, 0.05) is 19.0 Å². The van der Waals surface area contributed by atoms with E-state index in [-0.39, 0.29) is 29.6 Å². The maximum Gasteiger partial charge on any atom is 0.228 e. The number of halogens is 1. The van der Waals surface area contributed by atoms with Crippen molar-refractivity contribution in [3.8, 4) is 5.75 Å². The second kappa shape index (κ2) is 5.51. The molecule has 3 aliphatic rings. The number of ether oxygens (including phenoxy) is 1. The van der Waals surface area contributed by atoms with Gasteiger partial charge in [-0.3, -0.25) is 9.59 Å². The summed E-state index contributed by atoms with van der Waals surface area (Å²) in [5, 5.41) is 0. The number of carbonyl (C=O) groups excluding carboxylic acids is 2. The maximum absolute atomic E-state index is 13.5. The minimum Gasteiger partial charge on any atom is -0.484 e. The second-order valence-corrected chi connectivity index (χ2v) is 6.59. The van der Waals surface area contributed by atoms with E-state index in [0.717, 1.165) is 12.8 Å². The van der Waals surface area contributed by atoms with Gasteiger partial charge in [-0.05, 0) is 25.0 Å². The molecule has 0 N–H and O–H groups in total. The number of rotatable bonds is 4. The lowest BCUT2D eigenvalue weighted by molar-refractivity contribution is -0.144. The molecule has 1 aromatic rings. The molecule has 0 radical (unpaired) electrons. The quantitative estimate of drug-likeness (QED) is 0.844. The Hall–Kier alpha value is -2.11. The van der Waals surface area contributed by atoms with Gasteiger partial charge in [0.15, 0.2) is 11.6 Å². The highest BCUT2D eigenvalue weighted by molar-refractivity contribution is 5.90. The summed E-state index contributed by atoms with van der Waals surface area (Å²) in [5.41, 5.74) is 0. The molecule has 6 heteroatoms. The third-order valence-electron chi connectivity index (χ3n) is 4.79. The van der Waals surface area contributed by atoms with Crippen molar-refractivity contribution in [2.24, 2.45) is 5.92 Å². The van der Waals surface area contributed by atoms with Crippen LogP contribution in [0.4, 0.5) is 4.39 Å². The van der Waals surface area contributed by atoms with Crippen LogP contribution in [0.5, 0.6) is 5.75 Å². The Balaban J connectivity index is 1.29. The summed E-state index contributed by atoms with van der Waals surface area (Å²) < 4.78 is 19.1. The Morgan fingerprint density at radius 1 is 1.17 bits per heavy atom. The van der Waals surface area contributed by atoms with Crippen LogP contribution in [0.15, 0.2) is 24.3 Å². The van der Waals surface area contributed by atoms with Crippen LogP contribution in [-0.4, -0.2) is 53.4 Å². The molecule has 122 valence electrons.